The monoisotopic (exact) mass is 208 g/mol. The van der Waals surface area contributed by atoms with Crippen LogP contribution in [0.4, 0.5) is 0 Å². The molecule has 1 N–H and O–H groups in total. The van der Waals surface area contributed by atoms with E-state index in [0.29, 0.717) is 0 Å². The highest BCUT2D eigenvalue weighted by molar-refractivity contribution is 5.04. The predicted octanol–water partition coefficient (Wildman–Crippen LogP) is 1.71. The van der Waals surface area contributed by atoms with Crippen molar-refractivity contribution in [3.63, 3.8) is 0 Å². The Bertz CT molecular complexity index is 267. The highest BCUT2D eigenvalue weighted by Gasteiger charge is 2.19. The molecule has 15 heavy (non-hydrogen) atoms. The van der Waals surface area contributed by atoms with Crippen LogP contribution in [0.5, 0.6) is 0 Å². The summed E-state index contributed by atoms with van der Waals surface area (Å²) in [5.41, 5.74) is 1.25. The topological polar surface area (TPSA) is 28.4 Å². The van der Waals surface area contributed by atoms with Gasteiger partial charge in [-0.15, -0.1) is 0 Å². The SMILES string of the molecule is CN(CCNCC1CC1)Cc1ccoc1. The smallest absolute Gasteiger partial charge is 0.0947 e. The number of hydrogen-bond donors (Lipinski definition) is 1. The second-order valence-electron chi connectivity index (χ2n) is 4.52. The van der Waals surface area contributed by atoms with Crippen molar-refractivity contribution in [1.82, 2.24) is 10.2 Å². The van der Waals surface area contributed by atoms with Crippen molar-refractivity contribution in [3.05, 3.63) is 24.2 Å². The van der Waals surface area contributed by atoms with Gasteiger partial charge in [-0.05, 0) is 38.4 Å². The molecule has 1 aliphatic carbocycles. The Morgan fingerprint density at radius 3 is 3.07 bits per heavy atom. The van der Waals surface area contributed by atoms with Crippen molar-refractivity contribution in [1.29, 1.82) is 0 Å². The first-order valence-corrected chi connectivity index (χ1v) is 5.75. The molecular formula is C12H20N2O. The third kappa shape index (κ3) is 4.06. The van der Waals surface area contributed by atoms with E-state index in [0.717, 1.165) is 25.6 Å². The Hall–Kier alpha value is -0.800. The second-order valence-corrected chi connectivity index (χ2v) is 4.52. The lowest BCUT2D eigenvalue weighted by Gasteiger charge is -2.15. The van der Waals surface area contributed by atoms with Crippen LogP contribution in [0.25, 0.3) is 0 Å². The van der Waals surface area contributed by atoms with Gasteiger partial charge in [0.15, 0.2) is 0 Å². The zero-order valence-corrected chi connectivity index (χ0v) is 9.41. The van der Waals surface area contributed by atoms with E-state index in [2.05, 4.69) is 17.3 Å². The van der Waals surface area contributed by atoms with Gasteiger partial charge in [0.05, 0.1) is 12.5 Å². The number of nitrogens with one attached hydrogen (secondary N) is 1. The maximum Gasteiger partial charge on any atom is 0.0947 e. The van der Waals surface area contributed by atoms with Gasteiger partial charge in [-0.25, -0.2) is 0 Å². The van der Waals surface area contributed by atoms with Crippen molar-refractivity contribution in [2.75, 3.05) is 26.7 Å². The van der Waals surface area contributed by atoms with Crippen molar-refractivity contribution in [2.45, 2.75) is 19.4 Å². The minimum Gasteiger partial charge on any atom is -0.472 e. The molecule has 1 saturated carbocycles. The largest absolute Gasteiger partial charge is 0.472 e. The fraction of sp³-hybridized carbons (Fsp3) is 0.667. The Kier molecular flexibility index (Phi) is 3.80. The first-order valence-electron chi connectivity index (χ1n) is 5.75. The highest BCUT2D eigenvalue weighted by atomic mass is 16.3. The lowest BCUT2D eigenvalue weighted by atomic mass is 10.3. The van der Waals surface area contributed by atoms with E-state index >= 15 is 0 Å². The fourth-order valence-corrected chi connectivity index (χ4v) is 1.67. The predicted molar refractivity (Wildman–Crippen MR) is 60.6 cm³/mol. The van der Waals surface area contributed by atoms with Crippen LogP contribution in [0.15, 0.2) is 23.0 Å². The highest BCUT2D eigenvalue weighted by Crippen LogP contribution is 2.27. The van der Waals surface area contributed by atoms with Crippen LogP contribution < -0.4 is 5.32 Å². The molecule has 0 aromatic carbocycles. The molecule has 0 radical (unpaired) electrons. The zero-order valence-electron chi connectivity index (χ0n) is 9.41. The van der Waals surface area contributed by atoms with E-state index in [9.17, 15) is 0 Å². The molecule has 84 valence electrons. The lowest BCUT2D eigenvalue weighted by Crippen LogP contribution is -2.29. The number of furan rings is 1. The summed E-state index contributed by atoms with van der Waals surface area (Å²) in [5.74, 6) is 0.976. The van der Waals surface area contributed by atoms with E-state index in [1.54, 1.807) is 6.26 Å². The fourth-order valence-electron chi connectivity index (χ4n) is 1.67. The van der Waals surface area contributed by atoms with Crippen LogP contribution in [0.2, 0.25) is 0 Å². The second kappa shape index (κ2) is 5.33. The van der Waals surface area contributed by atoms with Crippen LogP contribution in [0.3, 0.4) is 0 Å². The molecule has 1 aliphatic rings. The molecule has 1 aromatic rings. The van der Waals surface area contributed by atoms with Crippen LogP contribution in [0.1, 0.15) is 18.4 Å². The zero-order chi connectivity index (χ0) is 10.5. The van der Waals surface area contributed by atoms with Crippen molar-refractivity contribution in [2.24, 2.45) is 5.92 Å². The summed E-state index contributed by atoms with van der Waals surface area (Å²) < 4.78 is 5.04. The molecule has 1 heterocycles. The van der Waals surface area contributed by atoms with Gasteiger partial charge < -0.3 is 14.6 Å². The van der Waals surface area contributed by atoms with Crippen molar-refractivity contribution >= 4 is 0 Å². The summed E-state index contributed by atoms with van der Waals surface area (Å²) in [6, 6.07) is 2.02. The van der Waals surface area contributed by atoms with Gasteiger partial charge in [0, 0.05) is 25.2 Å². The number of nitrogens with zero attached hydrogens (tertiary/aromatic N) is 1. The Morgan fingerprint density at radius 1 is 1.53 bits per heavy atom. The van der Waals surface area contributed by atoms with Gasteiger partial charge in [0.2, 0.25) is 0 Å². The van der Waals surface area contributed by atoms with Crippen molar-refractivity contribution in [3.8, 4) is 0 Å². The molecule has 1 fully saturated rings. The maximum absolute atomic E-state index is 5.04. The third-order valence-electron chi connectivity index (χ3n) is 2.83. The summed E-state index contributed by atoms with van der Waals surface area (Å²) in [5, 5.41) is 3.49. The summed E-state index contributed by atoms with van der Waals surface area (Å²) in [6.45, 7) is 4.36. The number of hydrogen-bond acceptors (Lipinski definition) is 3. The first kappa shape index (κ1) is 10.7. The van der Waals surface area contributed by atoms with Crippen LogP contribution >= 0.6 is 0 Å². The molecule has 0 spiro atoms. The molecule has 0 amide bonds. The van der Waals surface area contributed by atoms with E-state index in [4.69, 9.17) is 4.42 Å². The molecular weight excluding hydrogens is 188 g/mol. The summed E-state index contributed by atoms with van der Waals surface area (Å²) in [4.78, 5) is 2.31. The molecule has 0 aliphatic heterocycles. The molecule has 0 saturated heterocycles. The lowest BCUT2D eigenvalue weighted by molar-refractivity contribution is 0.322. The van der Waals surface area contributed by atoms with Gasteiger partial charge in [0.25, 0.3) is 0 Å². The van der Waals surface area contributed by atoms with Gasteiger partial charge in [-0.3, -0.25) is 0 Å². The average molecular weight is 208 g/mol. The molecule has 1 aromatic heterocycles. The number of likely N-dealkylation sites (N-methyl/N-ethyl adjacent to an activating group) is 1. The minimum atomic E-state index is 0.974. The molecule has 3 heteroatoms. The standard InChI is InChI=1S/C12H20N2O/c1-14(9-12-4-7-15-10-12)6-5-13-8-11-2-3-11/h4,7,10-11,13H,2-3,5-6,8-9H2,1H3. The Balaban J connectivity index is 1.53. The molecule has 0 bridgehead atoms. The van der Waals surface area contributed by atoms with Crippen LogP contribution in [-0.4, -0.2) is 31.6 Å². The van der Waals surface area contributed by atoms with Crippen LogP contribution in [0, 0.1) is 5.92 Å². The quantitative estimate of drug-likeness (QED) is 0.691. The van der Waals surface area contributed by atoms with E-state index in [-0.39, 0.29) is 0 Å². The minimum absolute atomic E-state index is 0.974. The molecule has 2 rings (SSSR count). The molecule has 0 unspecified atom stereocenters. The van der Waals surface area contributed by atoms with Gasteiger partial charge in [0.1, 0.15) is 0 Å². The molecule has 3 nitrogen and oxygen atoms in total. The van der Waals surface area contributed by atoms with E-state index < -0.39 is 0 Å². The normalized spacial score (nSPS) is 16.1. The van der Waals surface area contributed by atoms with E-state index in [1.807, 2.05) is 12.3 Å². The number of rotatable bonds is 7. The van der Waals surface area contributed by atoms with Crippen LogP contribution in [-0.2, 0) is 6.54 Å². The maximum atomic E-state index is 5.04. The van der Waals surface area contributed by atoms with Gasteiger partial charge >= 0.3 is 0 Å². The first-order chi connectivity index (χ1) is 7.34. The van der Waals surface area contributed by atoms with Gasteiger partial charge in [-0.2, -0.15) is 0 Å². The summed E-state index contributed by atoms with van der Waals surface area (Å²) >= 11 is 0. The summed E-state index contributed by atoms with van der Waals surface area (Å²) in [6.07, 6.45) is 6.40. The average Bonchev–Trinajstić information content (AvgIpc) is 2.91. The van der Waals surface area contributed by atoms with Gasteiger partial charge in [-0.1, -0.05) is 0 Å². The third-order valence-corrected chi connectivity index (χ3v) is 2.83. The molecule has 0 atom stereocenters. The van der Waals surface area contributed by atoms with E-state index in [1.165, 1.54) is 24.9 Å². The summed E-state index contributed by atoms with van der Waals surface area (Å²) in [7, 11) is 2.14. The Labute approximate surface area is 91.4 Å². The Morgan fingerprint density at radius 2 is 2.40 bits per heavy atom. The van der Waals surface area contributed by atoms with Crippen molar-refractivity contribution < 1.29 is 4.42 Å².